The molecule has 2 saturated heterocycles. The summed E-state index contributed by atoms with van der Waals surface area (Å²) in [6, 6.07) is 0.813. The van der Waals surface area contributed by atoms with Crippen molar-refractivity contribution in [2.75, 3.05) is 35.0 Å². The Balaban J connectivity index is 1.43. The molecule has 3 fully saturated rings. The first-order chi connectivity index (χ1) is 14.9. The van der Waals surface area contributed by atoms with Crippen molar-refractivity contribution in [1.29, 1.82) is 0 Å². The summed E-state index contributed by atoms with van der Waals surface area (Å²) in [4.78, 5) is 12.7. The van der Waals surface area contributed by atoms with Gasteiger partial charge in [0.05, 0.1) is 35.6 Å². The second-order valence-electron chi connectivity index (χ2n) is 8.32. The molecule has 0 amide bonds. The standard InChI is InChI=1S/C19H19F2N7O2S/c20-12-4-13(21)18(26-19-5-11(19)6-22-10-19)25-17(12)14-7-23-15-8-24-16(9-27(14)15)28-2-1-3-31(28,29)30/h4,7-9,11,22H,1-3,5-6,10H2,(H,25,26). The molecule has 12 heteroatoms. The van der Waals surface area contributed by atoms with E-state index in [1.165, 1.54) is 27.3 Å². The zero-order valence-electron chi connectivity index (χ0n) is 16.3. The fourth-order valence-corrected chi connectivity index (χ4v) is 6.08. The van der Waals surface area contributed by atoms with E-state index in [0.717, 1.165) is 19.0 Å². The smallest absolute Gasteiger partial charge is 0.236 e. The fraction of sp³-hybridized carbons (Fsp3) is 0.421. The van der Waals surface area contributed by atoms with E-state index in [9.17, 15) is 17.2 Å². The SMILES string of the molecule is O=S1(=O)CCCN1c1cn2c(-c3nc(NC45CNCC4C5)c(F)cc3F)cnc2cn1. The second-order valence-corrected chi connectivity index (χ2v) is 10.3. The first kappa shape index (κ1) is 18.9. The molecule has 0 aromatic carbocycles. The zero-order valence-corrected chi connectivity index (χ0v) is 17.2. The molecule has 3 aromatic rings. The van der Waals surface area contributed by atoms with Crippen LogP contribution in [0.15, 0.2) is 24.7 Å². The molecule has 2 N–H and O–H groups in total. The number of nitrogens with zero attached hydrogens (tertiary/aromatic N) is 5. The number of piperidine rings is 1. The van der Waals surface area contributed by atoms with Crippen LogP contribution in [0.1, 0.15) is 12.8 Å². The summed E-state index contributed by atoms with van der Waals surface area (Å²) in [5.74, 6) is -0.895. The van der Waals surface area contributed by atoms with E-state index in [2.05, 4.69) is 25.6 Å². The van der Waals surface area contributed by atoms with Crippen molar-refractivity contribution in [3.05, 3.63) is 36.3 Å². The van der Waals surface area contributed by atoms with Gasteiger partial charge >= 0.3 is 0 Å². The molecule has 0 spiro atoms. The van der Waals surface area contributed by atoms with Crippen molar-refractivity contribution in [1.82, 2.24) is 24.7 Å². The number of pyridine rings is 1. The van der Waals surface area contributed by atoms with Gasteiger partial charge in [-0.2, -0.15) is 0 Å². The maximum Gasteiger partial charge on any atom is 0.236 e. The number of anilines is 2. The predicted molar refractivity (Wildman–Crippen MR) is 109 cm³/mol. The van der Waals surface area contributed by atoms with Gasteiger partial charge in [0.1, 0.15) is 5.69 Å². The molecule has 1 aliphatic carbocycles. The zero-order chi connectivity index (χ0) is 21.4. The number of fused-ring (bicyclic) bond motifs is 2. The number of imidazole rings is 1. The van der Waals surface area contributed by atoms with E-state index in [-0.39, 0.29) is 34.3 Å². The summed E-state index contributed by atoms with van der Waals surface area (Å²) in [5, 5.41) is 6.42. The number of aromatic nitrogens is 4. The number of nitrogens with one attached hydrogen (secondary N) is 2. The molecule has 1 saturated carbocycles. The fourth-order valence-electron chi connectivity index (χ4n) is 4.58. The largest absolute Gasteiger partial charge is 0.361 e. The van der Waals surface area contributed by atoms with Crippen LogP contribution in [0.4, 0.5) is 20.4 Å². The highest BCUT2D eigenvalue weighted by Gasteiger charge is 2.57. The Labute approximate surface area is 176 Å². The highest BCUT2D eigenvalue weighted by atomic mass is 32.2. The summed E-state index contributed by atoms with van der Waals surface area (Å²) < 4.78 is 56.5. The van der Waals surface area contributed by atoms with Gasteiger partial charge in [0.25, 0.3) is 0 Å². The van der Waals surface area contributed by atoms with Crippen LogP contribution in [0.5, 0.6) is 0 Å². The van der Waals surface area contributed by atoms with Crippen LogP contribution in [0.2, 0.25) is 0 Å². The molecular formula is C19H19F2N7O2S. The van der Waals surface area contributed by atoms with E-state index in [1.54, 1.807) is 0 Å². The van der Waals surface area contributed by atoms with Crippen molar-refractivity contribution < 1.29 is 17.2 Å². The van der Waals surface area contributed by atoms with Crippen LogP contribution in [0.3, 0.4) is 0 Å². The van der Waals surface area contributed by atoms with Crippen molar-refractivity contribution in [2.24, 2.45) is 5.92 Å². The minimum atomic E-state index is -3.42. The van der Waals surface area contributed by atoms with Gasteiger partial charge in [-0.1, -0.05) is 0 Å². The van der Waals surface area contributed by atoms with Gasteiger partial charge in [-0.15, -0.1) is 0 Å². The summed E-state index contributed by atoms with van der Waals surface area (Å²) in [6.07, 6.45) is 5.77. The monoisotopic (exact) mass is 447 g/mol. The molecule has 2 aliphatic heterocycles. The molecule has 0 radical (unpaired) electrons. The van der Waals surface area contributed by atoms with Crippen LogP contribution in [-0.2, 0) is 10.0 Å². The van der Waals surface area contributed by atoms with Crippen molar-refractivity contribution in [2.45, 2.75) is 18.4 Å². The van der Waals surface area contributed by atoms with Crippen molar-refractivity contribution in [3.63, 3.8) is 0 Å². The molecule has 2 atom stereocenters. The Morgan fingerprint density at radius 2 is 2.10 bits per heavy atom. The number of sulfonamides is 1. The quantitative estimate of drug-likeness (QED) is 0.623. The molecule has 9 nitrogen and oxygen atoms in total. The number of hydrogen-bond donors (Lipinski definition) is 2. The van der Waals surface area contributed by atoms with Gasteiger partial charge in [0.2, 0.25) is 10.0 Å². The van der Waals surface area contributed by atoms with Crippen molar-refractivity contribution >= 4 is 27.3 Å². The molecule has 6 rings (SSSR count). The molecule has 31 heavy (non-hydrogen) atoms. The van der Waals surface area contributed by atoms with Gasteiger partial charge in [-0.3, -0.25) is 8.71 Å². The van der Waals surface area contributed by atoms with Gasteiger partial charge in [-0.25, -0.2) is 32.2 Å². The number of rotatable bonds is 4. The Hall–Kier alpha value is -2.86. The number of hydrogen-bond acceptors (Lipinski definition) is 7. The third kappa shape index (κ3) is 2.88. The third-order valence-corrected chi connectivity index (χ3v) is 8.19. The van der Waals surface area contributed by atoms with Crippen LogP contribution in [0, 0.1) is 17.6 Å². The Morgan fingerprint density at radius 3 is 2.81 bits per heavy atom. The highest BCUT2D eigenvalue weighted by Crippen LogP contribution is 2.48. The molecule has 5 heterocycles. The van der Waals surface area contributed by atoms with Crippen LogP contribution in [0.25, 0.3) is 17.0 Å². The van der Waals surface area contributed by atoms with Crippen LogP contribution >= 0.6 is 0 Å². The molecular weight excluding hydrogens is 428 g/mol. The lowest BCUT2D eigenvalue weighted by Gasteiger charge is -2.17. The molecule has 3 aliphatic rings. The lowest BCUT2D eigenvalue weighted by molar-refractivity contribution is 0.573. The topological polar surface area (TPSA) is 105 Å². The average molecular weight is 447 g/mol. The minimum absolute atomic E-state index is 0.00560. The number of halogens is 2. The summed E-state index contributed by atoms with van der Waals surface area (Å²) in [6.45, 7) is 1.91. The Bertz CT molecular complexity index is 1330. The molecule has 3 aromatic heterocycles. The first-order valence-corrected chi connectivity index (χ1v) is 11.7. The van der Waals surface area contributed by atoms with Gasteiger partial charge in [0.15, 0.2) is 28.9 Å². The van der Waals surface area contributed by atoms with Gasteiger partial charge < -0.3 is 10.6 Å². The van der Waals surface area contributed by atoms with E-state index < -0.39 is 21.7 Å². The maximum atomic E-state index is 14.8. The Morgan fingerprint density at radius 1 is 1.23 bits per heavy atom. The van der Waals surface area contributed by atoms with E-state index in [0.29, 0.717) is 31.1 Å². The first-order valence-electron chi connectivity index (χ1n) is 10.1. The van der Waals surface area contributed by atoms with E-state index >= 15 is 0 Å². The molecule has 2 unspecified atom stereocenters. The van der Waals surface area contributed by atoms with E-state index in [1.807, 2.05) is 0 Å². The Kier molecular flexibility index (Phi) is 3.85. The average Bonchev–Trinajstić information content (AvgIpc) is 3.06. The third-order valence-electron chi connectivity index (χ3n) is 6.34. The molecule has 162 valence electrons. The lowest BCUT2D eigenvalue weighted by Crippen LogP contribution is -2.30. The van der Waals surface area contributed by atoms with Crippen LogP contribution < -0.4 is 14.9 Å². The highest BCUT2D eigenvalue weighted by molar-refractivity contribution is 7.93. The normalized spacial score (nSPS) is 26.4. The van der Waals surface area contributed by atoms with E-state index in [4.69, 9.17) is 0 Å². The van der Waals surface area contributed by atoms with Gasteiger partial charge in [-0.05, 0) is 18.8 Å². The predicted octanol–water partition coefficient (Wildman–Crippen LogP) is 1.38. The summed E-state index contributed by atoms with van der Waals surface area (Å²) >= 11 is 0. The maximum absolute atomic E-state index is 14.8. The lowest BCUT2D eigenvalue weighted by atomic mass is 10.2. The molecule has 0 bridgehead atoms. The second kappa shape index (κ2) is 6.33. The summed E-state index contributed by atoms with van der Waals surface area (Å²) in [5.41, 5.74) is 0.377. The van der Waals surface area contributed by atoms with Gasteiger partial charge in [0, 0.05) is 25.7 Å². The summed E-state index contributed by atoms with van der Waals surface area (Å²) in [7, 11) is -3.42. The van der Waals surface area contributed by atoms with Crippen molar-refractivity contribution in [3.8, 4) is 11.4 Å². The minimum Gasteiger partial charge on any atom is -0.361 e. The van der Waals surface area contributed by atoms with Crippen LogP contribution in [-0.4, -0.2) is 58.7 Å².